The Morgan fingerprint density at radius 3 is 2.68 bits per heavy atom. The summed E-state index contributed by atoms with van der Waals surface area (Å²) in [7, 11) is 1.61. The number of rotatable bonds is 4. The van der Waals surface area contributed by atoms with Gasteiger partial charge in [-0.15, -0.1) is 11.3 Å². The van der Waals surface area contributed by atoms with Crippen LogP contribution in [0.25, 0.3) is 4.96 Å². The number of hydrogen-bond acceptors (Lipinski definition) is 5. The summed E-state index contributed by atoms with van der Waals surface area (Å²) in [5.74, 6) is 1.85. The second kappa shape index (κ2) is 4.91. The number of methoxy groups -OCH3 is 1. The molecule has 1 N–H and O–H groups in total. The smallest absolute Gasteiger partial charge is 0.244 e. The monoisotopic (exact) mass is 276 g/mol. The predicted octanol–water partition coefficient (Wildman–Crippen LogP) is 2.69. The Hall–Kier alpha value is -2.05. The molecule has 6 heteroatoms. The lowest BCUT2D eigenvalue weighted by molar-refractivity contribution is 0.270. The largest absolute Gasteiger partial charge is 0.497 e. The Labute approximate surface area is 113 Å². The minimum atomic E-state index is -0.122. The van der Waals surface area contributed by atoms with Crippen molar-refractivity contribution in [2.75, 3.05) is 7.11 Å². The summed E-state index contributed by atoms with van der Waals surface area (Å²) in [6, 6.07) is 7.22. The van der Waals surface area contributed by atoms with Crippen LogP contribution in [0.4, 0.5) is 0 Å². The van der Waals surface area contributed by atoms with Gasteiger partial charge in [0.1, 0.15) is 17.2 Å². The van der Waals surface area contributed by atoms with E-state index in [1.165, 1.54) is 11.3 Å². The maximum absolute atomic E-state index is 9.43. The van der Waals surface area contributed by atoms with Crippen molar-refractivity contribution in [2.45, 2.75) is 6.61 Å². The molecule has 3 rings (SSSR count). The van der Waals surface area contributed by atoms with Gasteiger partial charge in [0.15, 0.2) is 4.96 Å². The second-order valence-electron chi connectivity index (χ2n) is 3.85. The first kappa shape index (κ1) is 12.0. The molecule has 3 aromatic rings. The molecule has 2 aromatic heterocycles. The van der Waals surface area contributed by atoms with Crippen molar-refractivity contribution < 1.29 is 14.6 Å². The number of nitrogens with zero attached hydrogens (tertiary/aromatic N) is 2. The predicted molar refractivity (Wildman–Crippen MR) is 72.1 cm³/mol. The van der Waals surface area contributed by atoms with Gasteiger partial charge >= 0.3 is 0 Å². The molecule has 0 aliphatic heterocycles. The average molecular weight is 276 g/mol. The van der Waals surface area contributed by atoms with Gasteiger partial charge in [-0.25, -0.2) is 0 Å². The number of thiazole rings is 1. The van der Waals surface area contributed by atoms with E-state index in [1.54, 1.807) is 19.2 Å². The third-order valence-electron chi connectivity index (χ3n) is 2.75. The molecule has 0 aliphatic carbocycles. The van der Waals surface area contributed by atoms with Gasteiger partial charge in [0.25, 0.3) is 0 Å². The van der Waals surface area contributed by atoms with E-state index in [4.69, 9.17) is 9.47 Å². The van der Waals surface area contributed by atoms with Crippen LogP contribution < -0.4 is 9.47 Å². The zero-order chi connectivity index (χ0) is 13.2. The number of benzene rings is 1. The molecule has 1 aromatic carbocycles. The van der Waals surface area contributed by atoms with E-state index in [0.29, 0.717) is 17.3 Å². The first-order valence-corrected chi connectivity index (χ1v) is 6.57. The molecule has 0 saturated heterocycles. The third-order valence-corrected chi connectivity index (χ3v) is 3.50. The fraction of sp³-hybridized carbons (Fsp3) is 0.154. The molecule has 0 spiro atoms. The highest BCUT2D eigenvalue weighted by atomic mass is 32.1. The molecule has 2 heterocycles. The first-order chi connectivity index (χ1) is 9.31. The van der Waals surface area contributed by atoms with Crippen LogP contribution in [-0.2, 0) is 6.61 Å². The van der Waals surface area contributed by atoms with Crippen LogP contribution in [0.1, 0.15) is 5.69 Å². The van der Waals surface area contributed by atoms with Gasteiger partial charge in [0.2, 0.25) is 5.88 Å². The minimum absolute atomic E-state index is 0.122. The number of aromatic nitrogens is 2. The van der Waals surface area contributed by atoms with Gasteiger partial charge in [0.05, 0.1) is 13.7 Å². The van der Waals surface area contributed by atoms with Gasteiger partial charge in [-0.1, -0.05) is 0 Å². The van der Waals surface area contributed by atoms with E-state index in [2.05, 4.69) is 4.98 Å². The van der Waals surface area contributed by atoms with Crippen LogP contribution in [0.3, 0.4) is 0 Å². The Balaban J connectivity index is 1.93. The summed E-state index contributed by atoms with van der Waals surface area (Å²) in [5.41, 5.74) is 0.645. The molecule has 0 radical (unpaired) electrons. The van der Waals surface area contributed by atoms with Crippen LogP contribution in [0.5, 0.6) is 17.4 Å². The van der Waals surface area contributed by atoms with Gasteiger partial charge in [0, 0.05) is 11.6 Å². The third kappa shape index (κ3) is 2.16. The van der Waals surface area contributed by atoms with E-state index in [-0.39, 0.29) is 6.61 Å². The van der Waals surface area contributed by atoms with Crippen molar-refractivity contribution in [3.8, 4) is 17.4 Å². The highest BCUT2D eigenvalue weighted by Gasteiger charge is 2.14. The van der Waals surface area contributed by atoms with Crippen molar-refractivity contribution in [3.63, 3.8) is 0 Å². The normalized spacial score (nSPS) is 10.8. The lowest BCUT2D eigenvalue weighted by atomic mass is 10.3. The molecule has 0 atom stereocenters. The molecular formula is C13H12N2O3S. The minimum Gasteiger partial charge on any atom is -0.497 e. The van der Waals surface area contributed by atoms with Crippen LogP contribution in [-0.4, -0.2) is 21.6 Å². The number of fused-ring (bicyclic) bond motifs is 1. The van der Waals surface area contributed by atoms with Crippen molar-refractivity contribution in [1.82, 2.24) is 9.38 Å². The molecule has 0 bridgehead atoms. The fourth-order valence-corrected chi connectivity index (χ4v) is 2.52. The fourth-order valence-electron chi connectivity index (χ4n) is 1.79. The Morgan fingerprint density at radius 2 is 2.00 bits per heavy atom. The molecule has 0 aliphatic rings. The van der Waals surface area contributed by atoms with E-state index in [9.17, 15) is 5.11 Å². The van der Waals surface area contributed by atoms with Crippen molar-refractivity contribution in [2.24, 2.45) is 0 Å². The van der Waals surface area contributed by atoms with Crippen LogP contribution in [0.15, 0.2) is 35.8 Å². The standard InChI is InChI=1S/C13H12N2O3S/c1-17-9-2-4-10(5-3-9)18-12-11(8-16)15-6-7-19-13(15)14-12/h2-7,16H,8H2,1H3. The van der Waals surface area contributed by atoms with E-state index < -0.39 is 0 Å². The molecule has 98 valence electrons. The number of imidazole rings is 1. The SMILES string of the molecule is COc1ccc(Oc2nc3sccn3c2CO)cc1. The van der Waals surface area contributed by atoms with E-state index in [1.807, 2.05) is 28.1 Å². The molecule has 0 fully saturated rings. The van der Waals surface area contributed by atoms with Crippen LogP contribution >= 0.6 is 11.3 Å². The summed E-state index contributed by atoms with van der Waals surface area (Å²) in [4.78, 5) is 5.15. The number of hydrogen-bond donors (Lipinski definition) is 1. The van der Waals surface area contributed by atoms with Gasteiger partial charge in [-0.05, 0) is 24.3 Å². The quantitative estimate of drug-likeness (QED) is 0.796. The molecule has 19 heavy (non-hydrogen) atoms. The highest BCUT2D eigenvalue weighted by Crippen LogP contribution is 2.28. The van der Waals surface area contributed by atoms with Gasteiger partial charge < -0.3 is 14.6 Å². The summed E-state index contributed by atoms with van der Waals surface area (Å²) >= 11 is 1.50. The average Bonchev–Trinajstić information content (AvgIpc) is 3.00. The zero-order valence-corrected chi connectivity index (χ0v) is 11.1. The Kier molecular flexibility index (Phi) is 3.10. The lowest BCUT2D eigenvalue weighted by Crippen LogP contribution is -1.93. The van der Waals surface area contributed by atoms with Gasteiger partial charge in [-0.2, -0.15) is 4.98 Å². The number of aliphatic hydroxyl groups excluding tert-OH is 1. The van der Waals surface area contributed by atoms with Crippen molar-refractivity contribution >= 4 is 16.3 Å². The van der Waals surface area contributed by atoms with Crippen molar-refractivity contribution in [3.05, 3.63) is 41.5 Å². The van der Waals surface area contributed by atoms with Crippen LogP contribution in [0, 0.1) is 0 Å². The van der Waals surface area contributed by atoms with Crippen LogP contribution in [0.2, 0.25) is 0 Å². The Bertz CT molecular complexity index is 688. The maximum Gasteiger partial charge on any atom is 0.244 e. The summed E-state index contributed by atoms with van der Waals surface area (Å²) in [6.07, 6.45) is 1.86. The molecule has 5 nitrogen and oxygen atoms in total. The molecule has 0 amide bonds. The molecule has 0 saturated carbocycles. The zero-order valence-electron chi connectivity index (χ0n) is 10.2. The lowest BCUT2D eigenvalue weighted by Gasteiger charge is -2.05. The van der Waals surface area contributed by atoms with E-state index >= 15 is 0 Å². The number of ether oxygens (including phenoxy) is 2. The van der Waals surface area contributed by atoms with Gasteiger partial charge in [-0.3, -0.25) is 4.40 Å². The van der Waals surface area contributed by atoms with E-state index in [0.717, 1.165) is 10.7 Å². The molecular weight excluding hydrogens is 264 g/mol. The first-order valence-electron chi connectivity index (χ1n) is 5.69. The number of aliphatic hydroxyl groups is 1. The van der Waals surface area contributed by atoms with Crippen molar-refractivity contribution in [1.29, 1.82) is 0 Å². The summed E-state index contributed by atoms with van der Waals surface area (Å²) < 4.78 is 12.6. The maximum atomic E-state index is 9.43. The summed E-state index contributed by atoms with van der Waals surface area (Å²) in [5, 5.41) is 11.3. The highest BCUT2D eigenvalue weighted by molar-refractivity contribution is 7.15. The molecule has 0 unspecified atom stereocenters. The Morgan fingerprint density at radius 1 is 1.26 bits per heavy atom. The topological polar surface area (TPSA) is 56.0 Å². The second-order valence-corrected chi connectivity index (χ2v) is 4.73. The summed E-state index contributed by atoms with van der Waals surface area (Å²) in [6.45, 7) is -0.122.